The van der Waals surface area contributed by atoms with Gasteiger partial charge in [-0.05, 0) is 24.6 Å². The zero-order valence-corrected chi connectivity index (χ0v) is 23.3. The molecule has 12 nitrogen and oxygen atoms in total. The van der Waals surface area contributed by atoms with Crippen LogP contribution in [0.2, 0.25) is 5.02 Å². The highest BCUT2D eigenvalue weighted by atomic mass is 35.5. The molecule has 0 bridgehead atoms. The molecular weight excluding hydrogens is 581 g/mol. The number of nitrogens with zero attached hydrogens (tertiary/aromatic N) is 7. The minimum absolute atomic E-state index is 0.00491. The summed E-state index contributed by atoms with van der Waals surface area (Å²) >= 11 is 5.82. The van der Waals surface area contributed by atoms with Crippen LogP contribution in [0.4, 0.5) is 24.8 Å². The van der Waals surface area contributed by atoms with Crippen molar-refractivity contribution in [1.82, 2.24) is 29.9 Å². The van der Waals surface area contributed by atoms with Gasteiger partial charge >= 0.3 is 6.18 Å². The van der Waals surface area contributed by atoms with Crippen LogP contribution in [0.25, 0.3) is 0 Å². The number of nitrogens with one attached hydrogen (secondary N) is 1. The lowest BCUT2D eigenvalue weighted by atomic mass is 10.0. The zero-order chi connectivity index (χ0) is 29.9. The van der Waals surface area contributed by atoms with Crippen LogP contribution in [-0.2, 0) is 24.1 Å². The van der Waals surface area contributed by atoms with Crippen molar-refractivity contribution in [3.63, 3.8) is 0 Å². The Kier molecular flexibility index (Phi) is 8.59. The molecule has 1 fully saturated rings. The quantitative estimate of drug-likeness (QED) is 0.267. The Morgan fingerprint density at radius 2 is 1.88 bits per heavy atom. The number of methoxy groups -OCH3 is 1. The Morgan fingerprint density at radius 3 is 2.55 bits per heavy atom. The Labute approximate surface area is 242 Å². The topological polar surface area (TPSA) is 133 Å². The molecule has 1 atom stereocenters. The molecule has 1 N–H and O–H groups in total. The predicted octanol–water partition coefficient (Wildman–Crippen LogP) is 3.77. The van der Waals surface area contributed by atoms with Gasteiger partial charge in [-0.3, -0.25) is 4.79 Å². The van der Waals surface area contributed by atoms with E-state index in [1.165, 1.54) is 19.5 Å². The van der Waals surface area contributed by atoms with Crippen LogP contribution in [0, 0.1) is 0 Å². The Hall–Kier alpha value is -4.24. The summed E-state index contributed by atoms with van der Waals surface area (Å²) in [6, 6.07) is 5.99. The molecule has 0 radical (unpaired) electrons. The van der Waals surface area contributed by atoms with Crippen LogP contribution >= 0.6 is 11.6 Å². The molecule has 16 heteroatoms. The molecule has 1 aliphatic rings. The first-order chi connectivity index (χ1) is 20.1. The normalized spacial score (nSPS) is 14.5. The van der Waals surface area contributed by atoms with E-state index in [-0.39, 0.29) is 31.6 Å². The van der Waals surface area contributed by atoms with Gasteiger partial charge in [-0.2, -0.15) is 23.3 Å². The molecule has 4 heterocycles. The van der Waals surface area contributed by atoms with Gasteiger partial charge in [0.05, 0.1) is 55.5 Å². The van der Waals surface area contributed by atoms with Gasteiger partial charge in [-0.1, -0.05) is 28.9 Å². The number of benzene rings is 1. The third-order valence-electron chi connectivity index (χ3n) is 6.43. The average Bonchev–Trinajstić information content (AvgIpc) is 3.38. The fourth-order valence-corrected chi connectivity index (χ4v) is 4.38. The Morgan fingerprint density at radius 1 is 1.17 bits per heavy atom. The highest BCUT2D eigenvalue weighted by molar-refractivity contribution is 6.30. The number of hydrogen-bond donors (Lipinski definition) is 1. The molecule has 222 valence electrons. The number of rotatable bonds is 11. The van der Waals surface area contributed by atoms with E-state index in [1.54, 1.807) is 31.2 Å². The summed E-state index contributed by atoms with van der Waals surface area (Å²) < 4.78 is 58.4. The lowest BCUT2D eigenvalue weighted by molar-refractivity contribution is -0.138. The number of halogens is 4. The maximum Gasteiger partial charge on any atom is 0.423 e. The summed E-state index contributed by atoms with van der Waals surface area (Å²) in [6.07, 6.45) is -0.864. The van der Waals surface area contributed by atoms with Crippen molar-refractivity contribution in [2.75, 3.05) is 37.0 Å². The van der Waals surface area contributed by atoms with Gasteiger partial charge in [0, 0.05) is 19.1 Å². The number of anilines is 2. The molecule has 1 saturated heterocycles. The monoisotopic (exact) mass is 606 g/mol. The lowest BCUT2D eigenvalue weighted by Gasteiger charge is -2.37. The molecule has 42 heavy (non-hydrogen) atoms. The van der Waals surface area contributed by atoms with Crippen LogP contribution in [-0.4, -0.2) is 62.7 Å². The number of alkyl halides is 3. The Bertz CT molecular complexity index is 1560. The average molecular weight is 607 g/mol. The first kappa shape index (κ1) is 29.3. The molecule has 3 aromatic heterocycles. The zero-order valence-electron chi connectivity index (χ0n) is 22.5. The summed E-state index contributed by atoms with van der Waals surface area (Å²) in [4.78, 5) is 27.4. The Balaban J connectivity index is 1.15. The number of hydrogen-bond acceptors (Lipinski definition) is 11. The van der Waals surface area contributed by atoms with E-state index in [9.17, 15) is 18.0 Å². The van der Waals surface area contributed by atoms with E-state index in [0.717, 1.165) is 10.9 Å². The third kappa shape index (κ3) is 6.79. The van der Waals surface area contributed by atoms with Crippen molar-refractivity contribution >= 4 is 23.2 Å². The van der Waals surface area contributed by atoms with Crippen LogP contribution in [0.1, 0.15) is 35.7 Å². The van der Waals surface area contributed by atoms with Crippen LogP contribution in [0.5, 0.6) is 5.75 Å². The predicted molar refractivity (Wildman–Crippen MR) is 145 cm³/mol. The van der Waals surface area contributed by atoms with Crippen LogP contribution < -0.4 is 20.5 Å². The van der Waals surface area contributed by atoms with Gasteiger partial charge < -0.3 is 24.2 Å². The van der Waals surface area contributed by atoms with E-state index >= 15 is 0 Å². The molecule has 0 aliphatic carbocycles. The highest BCUT2D eigenvalue weighted by Crippen LogP contribution is 2.32. The molecule has 4 aromatic rings. The van der Waals surface area contributed by atoms with Crippen LogP contribution in [0.3, 0.4) is 0 Å². The lowest BCUT2D eigenvalue weighted by Crippen LogP contribution is -2.46. The summed E-state index contributed by atoms with van der Waals surface area (Å²) in [5.74, 6) is 1.92. The third-order valence-corrected chi connectivity index (χ3v) is 6.63. The second-order valence-corrected chi connectivity index (χ2v) is 10.1. The van der Waals surface area contributed by atoms with Gasteiger partial charge in [0.1, 0.15) is 17.9 Å². The van der Waals surface area contributed by atoms with Gasteiger partial charge in [0.15, 0.2) is 5.82 Å². The van der Waals surface area contributed by atoms with E-state index in [4.69, 9.17) is 25.6 Å². The fourth-order valence-electron chi connectivity index (χ4n) is 4.29. The molecule has 1 aliphatic heterocycles. The van der Waals surface area contributed by atoms with E-state index < -0.39 is 29.0 Å². The van der Waals surface area contributed by atoms with Gasteiger partial charge in [-0.15, -0.1) is 0 Å². The van der Waals surface area contributed by atoms with Crippen molar-refractivity contribution in [2.45, 2.75) is 38.2 Å². The standard InChI is InChI=1S/C26H26ClF3N8O4/c1-15(13-41-14-21-35-23(36-42-21)17-11-37(12-17)25-31-7-18(27)8-32-25)34-20-9-33-38(24(39)22(20)26(28,29)30)10-16-3-5-19(40-2)6-4-16/h3-9,15,17,34H,10-14H2,1-2H3. The molecule has 5 rings (SSSR count). The summed E-state index contributed by atoms with van der Waals surface area (Å²) in [5, 5.41) is 11.1. The van der Waals surface area contributed by atoms with Crippen molar-refractivity contribution < 1.29 is 27.2 Å². The smallest absolute Gasteiger partial charge is 0.423 e. The van der Waals surface area contributed by atoms with Crippen molar-refractivity contribution in [3.05, 3.63) is 81.1 Å². The van der Waals surface area contributed by atoms with E-state index in [0.29, 0.717) is 41.2 Å². The van der Waals surface area contributed by atoms with Gasteiger partial charge in [0.2, 0.25) is 5.95 Å². The summed E-state index contributed by atoms with van der Waals surface area (Å²) in [6.45, 7) is 2.65. The van der Waals surface area contributed by atoms with E-state index in [1.807, 2.05) is 4.90 Å². The molecule has 0 spiro atoms. The molecular formula is C26H26ClF3N8O4. The summed E-state index contributed by atoms with van der Waals surface area (Å²) in [5.41, 5.74) is -2.44. The number of aromatic nitrogens is 6. The SMILES string of the molecule is COc1ccc(Cn2ncc(NC(C)COCc3nc(C4CN(c5ncc(Cl)cn5)C4)no3)c(C(F)(F)F)c2=O)cc1. The molecule has 0 amide bonds. The first-order valence-corrected chi connectivity index (χ1v) is 13.2. The number of ether oxygens (including phenoxy) is 2. The fraction of sp³-hybridized carbons (Fsp3) is 0.385. The first-order valence-electron chi connectivity index (χ1n) is 12.8. The van der Waals surface area contributed by atoms with Crippen molar-refractivity contribution in [1.29, 1.82) is 0 Å². The minimum atomic E-state index is -4.90. The largest absolute Gasteiger partial charge is 0.497 e. The maximum atomic E-state index is 13.9. The van der Waals surface area contributed by atoms with E-state index in [2.05, 4.69) is 30.5 Å². The molecule has 1 unspecified atom stereocenters. The minimum Gasteiger partial charge on any atom is -0.497 e. The van der Waals surface area contributed by atoms with Crippen molar-refractivity contribution in [2.24, 2.45) is 0 Å². The van der Waals surface area contributed by atoms with Gasteiger partial charge in [-0.25, -0.2) is 14.6 Å². The second kappa shape index (κ2) is 12.3. The summed E-state index contributed by atoms with van der Waals surface area (Å²) in [7, 11) is 1.50. The van der Waals surface area contributed by atoms with Crippen LogP contribution in [0.15, 0.2) is 52.2 Å². The molecule has 0 saturated carbocycles. The maximum absolute atomic E-state index is 13.9. The van der Waals surface area contributed by atoms with Crippen molar-refractivity contribution in [3.8, 4) is 5.75 Å². The molecule has 1 aromatic carbocycles. The second-order valence-electron chi connectivity index (χ2n) is 9.65. The highest BCUT2D eigenvalue weighted by Gasteiger charge is 2.38. The van der Waals surface area contributed by atoms with Gasteiger partial charge in [0.25, 0.3) is 11.4 Å².